The SMILES string of the molecule is O=CCCc1cc(Br)c2c(c1)OCO2. The van der Waals surface area contributed by atoms with Gasteiger partial charge in [0, 0.05) is 6.42 Å². The number of halogens is 1. The van der Waals surface area contributed by atoms with E-state index >= 15 is 0 Å². The topological polar surface area (TPSA) is 35.5 Å². The molecule has 0 saturated carbocycles. The largest absolute Gasteiger partial charge is 0.454 e. The first kappa shape index (κ1) is 9.52. The fourth-order valence-electron chi connectivity index (χ4n) is 1.39. The van der Waals surface area contributed by atoms with Gasteiger partial charge < -0.3 is 14.3 Å². The molecule has 0 fully saturated rings. The van der Waals surface area contributed by atoms with E-state index in [1.165, 1.54) is 0 Å². The van der Waals surface area contributed by atoms with Gasteiger partial charge in [0.2, 0.25) is 6.79 Å². The van der Waals surface area contributed by atoms with Gasteiger partial charge in [-0.25, -0.2) is 0 Å². The first-order valence-corrected chi connectivity index (χ1v) is 5.12. The molecule has 1 aliphatic rings. The van der Waals surface area contributed by atoms with Crippen molar-refractivity contribution >= 4 is 22.2 Å². The molecule has 0 N–H and O–H groups in total. The lowest BCUT2D eigenvalue weighted by molar-refractivity contribution is -0.107. The van der Waals surface area contributed by atoms with E-state index in [0.717, 1.165) is 34.2 Å². The Morgan fingerprint density at radius 1 is 1.43 bits per heavy atom. The van der Waals surface area contributed by atoms with Crippen LogP contribution in [0.1, 0.15) is 12.0 Å². The zero-order valence-corrected chi connectivity index (χ0v) is 9.04. The van der Waals surface area contributed by atoms with Crippen LogP contribution in [0.25, 0.3) is 0 Å². The highest BCUT2D eigenvalue weighted by atomic mass is 79.9. The number of hydrogen-bond acceptors (Lipinski definition) is 3. The van der Waals surface area contributed by atoms with Crippen LogP contribution in [-0.2, 0) is 11.2 Å². The van der Waals surface area contributed by atoms with Crippen LogP contribution in [0.15, 0.2) is 16.6 Å². The average molecular weight is 257 g/mol. The van der Waals surface area contributed by atoms with Crippen LogP contribution in [0.5, 0.6) is 11.5 Å². The molecule has 1 aliphatic heterocycles. The number of aldehydes is 1. The van der Waals surface area contributed by atoms with E-state index in [2.05, 4.69) is 15.9 Å². The molecular weight excluding hydrogens is 248 g/mol. The summed E-state index contributed by atoms with van der Waals surface area (Å²) in [6.45, 7) is 0.269. The van der Waals surface area contributed by atoms with Gasteiger partial charge in [-0.15, -0.1) is 0 Å². The summed E-state index contributed by atoms with van der Waals surface area (Å²) in [6.07, 6.45) is 2.18. The minimum Gasteiger partial charge on any atom is -0.454 e. The number of hydrogen-bond donors (Lipinski definition) is 0. The van der Waals surface area contributed by atoms with Crippen LogP contribution in [0, 0.1) is 0 Å². The lowest BCUT2D eigenvalue weighted by atomic mass is 10.1. The molecule has 0 radical (unpaired) electrons. The predicted molar refractivity (Wildman–Crippen MR) is 54.7 cm³/mol. The van der Waals surface area contributed by atoms with Gasteiger partial charge in [0.1, 0.15) is 6.29 Å². The number of fused-ring (bicyclic) bond motifs is 1. The van der Waals surface area contributed by atoms with Crippen LogP contribution in [-0.4, -0.2) is 13.1 Å². The highest BCUT2D eigenvalue weighted by Gasteiger charge is 2.17. The number of benzene rings is 1. The van der Waals surface area contributed by atoms with E-state index in [0.29, 0.717) is 6.42 Å². The van der Waals surface area contributed by atoms with Crippen molar-refractivity contribution in [2.75, 3.05) is 6.79 Å². The smallest absolute Gasteiger partial charge is 0.231 e. The number of carbonyl (C=O) groups is 1. The molecule has 0 amide bonds. The van der Waals surface area contributed by atoms with Crippen LogP contribution >= 0.6 is 15.9 Å². The molecule has 1 heterocycles. The second-order valence-corrected chi connectivity index (χ2v) is 3.87. The molecule has 3 nitrogen and oxygen atoms in total. The second-order valence-electron chi connectivity index (χ2n) is 3.02. The molecule has 1 aromatic carbocycles. The van der Waals surface area contributed by atoms with E-state index in [4.69, 9.17) is 9.47 Å². The van der Waals surface area contributed by atoms with Crippen molar-refractivity contribution in [1.29, 1.82) is 0 Å². The summed E-state index contributed by atoms with van der Waals surface area (Å²) in [4.78, 5) is 10.2. The van der Waals surface area contributed by atoms with Crippen molar-refractivity contribution < 1.29 is 14.3 Å². The van der Waals surface area contributed by atoms with Gasteiger partial charge in [0.15, 0.2) is 11.5 Å². The monoisotopic (exact) mass is 256 g/mol. The quantitative estimate of drug-likeness (QED) is 0.779. The zero-order chi connectivity index (χ0) is 9.97. The summed E-state index contributed by atoms with van der Waals surface area (Å²) < 4.78 is 11.4. The van der Waals surface area contributed by atoms with Gasteiger partial charge in [-0.3, -0.25) is 0 Å². The molecule has 1 aromatic rings. The van der Waals surface area contributed by atoms with Crippen molar-refractivity contribution in [2.24, 2.45) is 0 Å². The van der Waals surface area contributed by atoms with Gasteiger partial charge in [-0.2, -0.15) is 0 Å². The lowest BCUT2D eigenvalue weighted by Gasteiger charge is -2.03. The van der Waals surface area contributed by atoms with Crippen molar-refractivity contribution in [3.8, 4) is 11.5 Å². The molecule has 4 heteroatoms. The second kappa shape index (κ2) is 4.00. The molecule has 0 atom stereocenters. The fourth-order valence-corrected chi connectivity index (χ4v) is 1.99. The van der Waals surface area contributed by atoms with Crippen molar-refractivity contribution in [1.82, 2.24) is 0 Å². The third-order valence-corrected chi connectivity index (χ3v) is 2.63. The number of carbonyl (C=O) groups excluding carboxylic acids is 1. The molecule has 0 bridgehead atoms. The van der Waals surface area contributed by atoms with Crippen LogP contribution in [0.2, 0.25) is 0 Å². The van der Waals surface area contributed by atoms with Crippen molar-refractivity contribution in [2.45, 2.75) is 12.8 Å². The molecule has 0 unspecified atom stereocenters. The van der Waals surface area contributed by atoms with E-state index in [1.54, 1.807) is 0 Å². The van der Waals surface area contributed by atoms with Crippen molar-refractivity contribution in [3.63, 3.8) is 0 Å². The Labute approximate surface area is 90.1 Å². The summed E-state index contributed by atoms with van der Waals surface area (Å²) in [6, 6.07) is 3.87. The van der Waals surface area contributed by atoms with E-state index < -0.39 is 0 Å². The Kier molecular flexibility index (Phi) is 2.72. The molecule has 2 rings (SSSR count). The minimum atomic E-state index is 0.269. The maximum atomic E-state index is 10.2. The molecule has 0 aliphatic carbocycles. The maximum absolute atomic E-state index is 10.2. The third-order valence-electron chi connectivity index (χ3n) is 2.04. The lowest BCUT2D eigenvalue weighted by Crippen LogP contribution is -1.93. The normalized spacial score (nSPS) is 12.9. The number of rotatable bonds is 3. The number of aryl methyl sites for hydroxylation is 1. The van der Waals surface area contributed by atoms with E-state index in [9.17, 15) is 4.79 Å². The minimum absolute atomic E-state index is 0.269. The van der Waals surface area contributed by atoms with E-state index in [-0.39, 0.29) is 6.79 Å². The molecule has 0 aromatic heterocycles. The molecule has 0 spiro atoms. The Hall–Kier alpha value is -1.03. The molecule has 74 valence electrons. The predicted octanol–water partition coefficient (Wildman–Crippen LogP) is 2.31. The Morgan fingerprint density at radius 2 is 2.29 bits per heavy atom. The molecule has 0 saturated heterocycles. The first-order chi connectivity index (χ1) is 6.81. The Morgan fingerprint density at radius 3 is 3.07 bits per heavy atom. The highest BCUT2D eigenvalue weighted by molar-refractivity contribution is 9.10. The average Bonchev–Trinajstić information content (AvgIpc) is 2.63. The van der Waals surface area contributed by atoms with Gasteiger partial charge >= 0.3 is 0 Å². The van der Waals surface area contributed by atoms with Crippen LogP contribution < -0.4 is 9.47 Å². The Bertz CT molecular complexity index is 363. The van der Waals surface area contributed by atoms with Crippen molar-refractivity contribution in [3.05, 3.63) is 22.2 Å². The Balaban J connectivity index is 2.27. The highest BCUT2D eigenvalue weighted by Crippen LogP contribution is 2.40. The van der Waals surface area contributed by atoms with Gasteiger partial charge in [-0.1, -0.05) is 0 Å². The maximum Gasteiger partial charge on any atom is 0.231 e. The fraction of sp³-hybridized carbons (Fsp3) is 0.300. The van der Waals surface area contributed by atoms with Gasteiger partial charge in [0.05, 0.1) is 4.47 Å². The third kappa shape index (κ3) is 1.75. The van der Waals surface area contributed by atoms with E-state index in [1.807, 2.05) is 12.1 Å². The summed E-state index contributed by atoms with van der Waals surface area (Å²) in [5.41, 5.74) is 1.08. The number of ether oxygens (including phenoxy) is 2. The zero-order valence-electron chi connectivity index (χ0n) is 7.46. The summed E-state index contributed by atoms with van der Waals surface area (Å²) in [7, 11) is 0. The first-order valence-electron chi connectivity index (χ1n) is 4.33. The van der Waals surface area contributed by atoms with Gasteiger partial charge in [-0.05, 0) is 40.0 Å². The summed E-state index contributed by atoms with van der Waals surface area (Å²) in [5.74, 6) is 1.50. The molecular formula is C10H9BrO3. The standard InChI is InChI=1S/C10H9BrO3/c11-8-4-7(2-1-3-12)5-9-10(8)14-6-13-9/h3-5H,1-2,6H2. The summed E-state index contributed by atoms with van der Waals surface area (Å²) in [5, 5.41) is 0. The van der Waals surface area contributed by atoms with Crippen LogP contribution in [0.3, 0.4) is 0 Å². The summed E-state index contributed by atoms with van der Waals surface area (Å²) >= 11 is 3.40. The molecule has 14 heavy (non-hydrogen) atoms. The van der Waals surface area contributed by atoms with Crippen LogP contribution in [0.4, 0.5) is 0 Å². The van der Waals surface area contributed by atoms with Gasteiger partial charge in [0.25, 0.3) is 0 Å².